The highest BCUT2D eigenvalue weighted by Crippen LogP contribution is 2.33. The predicted molar refractivity (Wildman–Crippen MR) is 472 cm³/mol. The van der Waals surface area contributed by atoms with Gasteiger partial charge in [-0.15, -0.1) is 0 Å². The van der Waals surface area contributed by atoms with Crippen LogP contribution in [-0.4, -0.2) is 202 Å². The van der Waals surface area contributed by atoms with Gasteiger partial charge in [0.25, 0.3) is 22.2 Å². The van der Waals surface area contributed by atoms with Crippen LogP contribution in [-0.2, 0) is 0 Å². The lowest BCUT2D eigenvalue weighted by Crippen LogP contribution is -2.50. The molecule has 119 heavy (non-hydrogen) atoms. The number of hydrogen-bond donors (Lipinski definition) is 2. The van der Waals surface area contributed by atoms with Crippen molar-refractivity contribution in [2.75, 3.05) is 118 Å². The normalized spacial score (nSPS) is 17.5. The molecule has 5 fully saturated rings. The van der Waals surface area contributed by atoms with Gasteiger partial charge < -0.3 is 52.7 Å². The number of halogens is 4. The summed E-state index contributed by atoms with van der Waals surface area (Å²) in [6.07, 6.45) is 26.5. The van der Waals surface area contributed by atoms with Crippen LogP contribution in [0.1, 0.15) is 55.9 Å². The van der Waals surface area contributed by atoms with E-state index in [2.05, 4.69) is 86.9 Å². The van der Waals surface area contributed by atoms with Crippen molar-refractivity contribution in [2.45, 2.75) is 78.9 Å². The Morgan fingerprint density at radius 3 is 1.01 bits per heavy atom. The minimum absolute atomic E-state index is 0.0978. The molecule has 32 heteroatoms. The molecule has 2 N–H and O–H groups in total. The molecule has 28 nitrogen and oxygen atoms in total. The van der Waals surface area contributed by atoms with Gasteiger partial charge in [0.2, 0.25) is 0 Å². The van der Waals surface area contributed by atoms with Gasteiger partial charge in [-0.1, -0.05) is 46.4 Å². The molecule has 0 bridgehead atoms. The van der Waals surface area contributed by atoms with E-state index in [1.807, 2.05) is 174 Å². The van der Waals surface area contributed by atoms with Gasteiger partial charge in [-0.2, -0.15) is 0 Å². The van der Waals surface area contributed by atoms with Gasteiger partial charge in [-0.25, -0.2) is 39.9 Å². The maximum Gasteiger partial charge on any atom is 0.258 e. The third-order valence-electron chi connectivity index (χ3n) is 22.8. The number of rotatable bonds is 8. The Balaban J connectivity index is 0.000000109. The SMILES string of the molecule is Cc1cn2cc(-c3cc(=O)n4cc(N5CCCN(C)CC5)ccc4n3)cc(Cl)c2n1.Cc1cn2cc(-c3cc(=O)n4cc(N5CCN6CCC[C@@H]6C5)ccc4n3)cc(Cl)c2n1.Cc1cn2cc(-c3cc(=O)n4cc(N5CCN[C@@H](C)C5)ccc4n3)cc(Cl)c2n1.Cc1cn2cc(-c3cc(=O)n4cc(N5CCN[C@H](C)C5)ccc4n3)cc(Cl)c2n1. The summed E-state index contributed by atoms with van der Waals surface area (Å²) < 4.78 is 13.9. The number of nitrogens with zero attached hydrogens (tertiary/aromatic N) is 22. The topological polar surface area (TPSA) is 250 Å². The van der Waals surface area contributed by atoms with Gasteiger partial charge in [0.1, 0.15) is 22.6 Å². The van der Waals surface area contributed by atoms with Crippen LogP contribution in [0.3, 0.4) is 0 Å². The molecule has 5 saturated heterocycles. The summed E-state index contributed by atoms with van der Waals surface area (Å²) in [5, 5.41) is 8.99. The van der Waals surface area contributed by atoms with Crippen LogP contribution < -0.4 is 52.5 Å². The Morgan fingerprint density at radius 1 is 0.336 bits per heavy atom. The quantitative estimate of drug-likeness (QED) is 0.143. The highest BCUT2D eigenvalue weighted by molar-refractivity contribution is 6.35. The first-order valence-corrected chi connectivity index (χ1v) is 41.6. The molecule has 0 aliphatic carbocycles. The van der Waals surface area contributed by atoms with E-state index in [-0.39, 0.29) is 22.2 Å². The molecule has 3 atom stereocenters. The fraction of sp³-hybridized carbons (Fsp3) is 0.310. The Labute approximate surface area is 703 Å². The van der Waals surface area contributed by atoms with Crippen molar-refractivity contribution >= 4 is 114 Å². The molecule has 0 saturated carbocycles. The Kier molecular flexibility index (Phi) is 21.5. The highest BCUT2D eigenvalue weighted by Gasteiger charge is 2.31. The Bertz CT molecular complexity index is 6710. The molecule has 0 amide bonds. The molecule has 21 rings (SSSR count). The largest absolute Gasteiger partial charge is 0.369 e. The third-order valence-corrected chi connectivity index (χ3v) is 23.9. The van der Waals surface area contributed by atoms with Gasteiger partial charge >= 0.3 is 0 Å². The molecular weight excluding hydrogens is 1590 g/mol. The van der Waals surface area contributed by atoms with E-state index in [9.17, 15) is 19.2 Å². The van der Waals surface area contributed by atoms with E-state index >= 15 is 0 Å². The highest BCUT2D eigenvalue weighted by atomic mass is 35.5. The fourth-order valence-corrected chi connectivity index (χ4v) is 17.9. The maximum atomic E-state index is 13.0. The first-order chi connectivity index (χ1) is 57.5. The van der Waals surface area contributed by atoms with E-state index in [0.717, 1.165) is 159 Å². The molecule has 16 aromatic rings. The first-order valence-electron chi connectivity index (χ1n) is 40.1. The molecule has 0 spiro atoms. The molecule has 0 aromatic carbocycles. The lowest BCUT2D eigenvalue weighted by molar-refractivity contribution is 0.231. The van der Waals surface area contributed by atoms with Gasteiger partial charge in [0.15, 0.2) is 22.6 Å². The van der Waals surface area contributed by atoms with Gasteiger partial charge in [-0.3, -0.25) is 41.7 Å². The zero-order valence-electron chi connectivity index (χ0n) is 66.9. The number of hydrogen-bond acceptors (Lipinski definition) is 20. The standard InChI is InChI=1S/C23H23ClN6O.C22H23ClN6O.2C21H21ClN6O/c1-15-11-29-12-16(9-19(24)23(29)25-15)20-10-22(31)30-14-18(4-5-21(30)26-20)28-8-7-27-6-2-3-17(27)13-28;1-15-12-28-13-16(10-18(23)22(28)24-15)19-11-21(30)29-14-17(4-5-20(29)25-19)27-7-3-6-26(2)8-9-27;2*1-13-9-26(6-5-23-13)16-3-4-19-25-18(8-20(29)28(19)12-16)15-7-17(22)21-24-14(2)10-27(21)11-15/h4-5,9-12,14,17H,2-3,6-8,13H2,1H3;4-5,10-14H,3,6-9H2,1-2H3;2*3-4,7-8,10-13,23H,5-6,9H2,1-2H3/t17-;;2*13-/m1.10/s1. The number of likely N-dealkylation sites (N-methyl/N-ethyl adjacent to an activating group) is 1. The summed E-state index contributed by atoms with van der Waals surface area (Å²) in [4.78, 5) is 102. The summed E-state index contributed by atoms with van der Waals surface area (Å²) in [6, 6.07) is 30.8. The van der Waals surface area contributed by atoms with Crippen molar-refractivity contribution in [3.8, 4) is 45.0 Å². The molecule has 16 aromatic heterocycles. The molecule has 21 heterocycles. The average molecular weight is 1680 g/mol. The van der Waals surface area contributed by atoms with Crippen molar-refractivity contribution < 1.29 is 0 Å². The summed E-state index contributed by atoms with van der Waals surface area (Å²) in [5.41, 5.74) is 18.0. The van der Waals surface area contributed by atoms with Crippen molar-refractivity contribution in [1.29, 1.82) is 0 Å². The Hall–Kier alpha value is -11.6. The van der Waals surface area contributed by atoms with E-state index in [1.54, 1.807) is 54.0 Å². The van der Waals surface area contributed by atoms with E-state index < -0.39 is 0 Å². The van der Waals surface area contributed by atoms with E-state index in [4.69, 9.17) is 66.3 Å². The average Bonchev–Trinajstić information content (AvgIpc) is 1.72. The van der Waals surface area contributed by atoms with Crippen LogP contribution in [0.2, 0.25) is 20.1 Å². The predicted octanol–water partition coefficient (Wildman–Crippen LogP) is 11.9. The Morgan fingerprint density at radius 2 is 0.664 bits per heavy atom. The number of nitrogens with one attached hydrogen (secondary N) is 2. The van der Waals surface area contributed by atoms with Crippen LogP contribution >= 0.6 is 46.4 Å². The number of anilines is 4. The van der Waals surface area contributed by atoms with Crippen LogP contribution in [0.5, 0.6) is 0 Å². The van der Waals surface area contributed by atoms with Gasteiger partial charge in [-0.05, 0) is 154 Å². The lowest BCUT2D eigenvalue weighted by atomic mass is 10.1. The molecular formula is C87H88Cl4N24O4. The first kappa shape index (κ1) is 78.6. The number of pyridine rings is 8. The number of aromatic nitrogens is 16. The molecule has 5 aliphatic heterocycles. The molecule has 0 unspecified atom stereocenters. The summed E-state index contributed by atoms with van der Waals surface area (Å²) in [5.74, 6) is 0. The smallest absolute Gasteiger partial charge is 0.258 e. The second-order valence-corrected chi connectivity index (χ2v) is 33.3. The van der Waals surface area contributed by atoms with E-state index in [1.165, 1.54) is 19.4 Å². The van der Waals surface area contributed by atoms with Gasteiger partial charge in [0.05, 0.1) is 88.4 Å². The van der Waals surface area contributed by atoms with Crippen molar-refractivity contribution in [1.82, 2.24) is 95.5 Å². The minimum Gasteiger partial charge on any atom is -0.369 e. The van der Waals surface area contributed by atoms with Crippen molar-refractivity contribution in [2.24, 2.45) is 0 Å². The molecule has 5 aliphatic rings. The minimum atomic E-state index is -0.118. The second-order valence-electron chi connectivity index (χ2n) is 31.7. The fourth-order valence-electron chi connectivity index (χ4n) is 16.8. The number of piperazine rings is 3. The van der Waals surface area contributed by atoms with Crippen LogP contribution in [0, 0.1) is 27.7 Å². The van der Waals surface area contributed by atoms with Crippen molar-refractivity contribution in [3.63, 3.8) is 0 Å². The second kappa shape index (κ2) is 32.6. The molecule has 0 radical (unpaired) electrons. The summed E-state index contributed by atoms with van der Waals surface area (Å²) in [7, 11) is 2.15. The zero-order chi connectivity index (χ0) is 82.2. The summed E-state index contributed by atoms with van der Waals surface area (Å²) in [6.45, 7) is 25.9. The molecule has 608 valence electrons. The van der Waals surface area contributed by atoms with Crippen LogP contribution in [0.25, 0.3) is 90.2 Å². The van der Waals surface area contributed by atoms with Crippen LogP contribution in [0.15, 0.2) is 191 Å². The van der Waals surface area contributed by atoms with Gasteiger partial charge in [0, 0.05) is 218 Å². The van der Waals surface area contributed by atoms with Crippen molar-refractivity contribution in [3.05, 3.63) is 256 Å². The zero-order valence-corrected chi connectivity index (χ0v) is 69.9. The number of imidazole rings is 4. The van der Waals surface area contributed by atoms with Crippen LogP contribution in [0.4, 0.5) is 22.7 Å². The van der Waals surface area contributed by atoms with E-state index in [0.29, 0.717) is 106 Å². The number of fused-ring (bicyclic) bond motifs is 9. The lowest BCUT2D eigenvalue weighted by Gasteiger charge is -2.38. The number of aryl methyl sites for hydroxylation is 4. The maximum absolute atomic E-state index is 13.0. The third kappa shape index (κ3) is 16.3. The monoisotopic (exact) mass is 1670 g/mol. The summed E-state index contributed by atoms with van der Waals surface area (Å²) >= 11 is 25.6.